The van der Waals surface area contributed by atoms with Crippen molar-refractivity contribution in [1.82, 2.24) is 0 Å². The largest absolute Gasteiger partial charge is 0.458 e. The van der Waals surface area contributed by atoms with E-state index in [9.17, 15) is 4.79 Å². The van der Waals surface area contributed by atoms with Crippen molar-refractivity contribution in [1.29, 1.82) is 0 Å². The number of sulfone groups is 1. The maximum absolute atomic E-state index is 16.1. The van der Waals surface area contributed by atoms with E-state index in [-0.39, 0.29) is 52.0 Å². The molecule has 8 heterocycles. The normalized spacial score (nSPS) is 32.7. The lowest BCUT2D eigenvalue weighted by molar-refractivity contribution is -0.292. The first-order valence-electron chi connectivity index (χ1n) is 34.5. The number of ether oxygens (including phenoxy) is 9. The molecule has 8 fully saturated rings. The average Bonchev–Trinajstić information content (AvgIpc) is 1.54. The molecule has 2 aromatic carbocycles. The molecule has 0 amide bonds. The van der Waals surface area contributed by atoms with Gasteiger partial charge in [0.2, 0.25) is 0 Å². The van der Waals surface area contributed by atoms with Crippen LogP contribution in [0.1, 0.15) is 157 Å². The minimum absolute atomic E-state index is 0.0331. The van der Waals surface area contributed by atoms with Gasteiger partial charge in [-0.25, -0.2) is 13.2 Å². The molecule has 19 atom stereocenters. The van der Waals surface area contributed by atoms with Gasteiger partial charge in [-0.15, -0.1) is 0 Å². The molecule has 8 aliphatic rings. The van der Waals surface area contributed by atoms with Crippen LogP contribution < -0.4 is 0 Å². The van der Waals surface area contributed by atoms with E-state index in [1.165, 1.54) is 0 Å². The van der Waals surface area contributed by atoms with Crippen molar-refractivity contribution in [3.63, 3.8) is 0 Å². The van der Waals surface area contributed by atoms with Crippen LogP contribution in [-0.2, 0) is 70.5 Å². The summed E-state index contributed by atoms with van der Waals surface area (Å²) >= 11 is 3.51. The molecule has 0 spiro atoms. The summed E-state index contributed by atoms with van der Waals surface area (Å²) in [6.07, 6.45) is -2.51. The topological polar surface area (TPSA) is 179 Å². The zero-order chi connectivity index (χ0) is 66.9. The van der Waals surface area contributed by atoms with Crippen molar-refractivity contribution in [2.24, 2.45) is 11.8 Å². The Kier molecular flexibility index (Phi) is 24.1. The molecule has 13 unspecified atom stereocenters. The minimum Gasteiger partial charge on any atom is -0.458 e. The van der Waals surface area contributed by atoms with E-state index in [1.807, 2.05) is 6.07 Å². The number of carbonyl (C=O) groups is 2. The molecule has 92 heavy (non-hydrogen) atoms. The SMILES string of the molecule is C=C(Br)CC(CC[C@@]12CC3OC4C(O1)[C@H]1OC(CC(=O)C(C5[C@H](CC6OC(CCCO[Si](CC)(CC)CC)CC(C)C6=C)O[C@H](CC(CO[Si](C)(C)C(C)(C)C)O[Si](C)(C)C(C)(C)C)[C@@H]5OC)S(=O)(=O)c5ccccc5)CCC1O[C@H]4C3O2)OC(=O)c1ccccc1. The number of Topliss-reactive ketones (excluding diaryl/α,β-unsaturated/α-hetero) is 1. The number of methoxy groups -OCH3 is 1. The molecule has 0 N–H and O–H groups in total. The highest BCUT2D eigenvalue weighted by molar-refractivity contribution is 9.11. The van der Waals surface area contributed by atoms with Gasteiger partial charge in [-0.1, -0.05) is 135 Å². The lowest BCUT2D eigenvalue weighted by Gasteiger charge is -2.47. The molecular weight excluding hydrogens is 1300 g/mol. The lowest BCUT2D eigenvalue weighted by Crippen LogP contribution is -2.62. The molecule has 21 heteroatoms. The Hall–Kier alpha value is -2.30. The number of rotatable bonds is 31. The zero-order valence-corrected chi connectivity index (χ0v) is 63.3. The van der Waals surface area contributed by atoms with Gasteiger partial charge in [0, 0.05) is 58.2 Å². The van der Waals surface area contributed by atoms with Crippen LogP contribution in [-0.4, -0.2) is 168 Å². The van der Waals surface area contributed by atoms with Gasteiger partial charge in [0.05, 0.1) is 72.0 Å². The standard InChI is InChI=1S/C71H111BrO16SSi3/c1-18-92(19-2,20-3)78-37-27-30-49-38-45(4)47(6)56(80-49)42-57-60(61(77-13)58(83-57)41-52(88-91(16,17)70(10,11)12)44-79-90(14,15)69(7,8)9)67(89(75,76)53-31-25-22-26-32-53)54(73)40-50-33-34-55-62(81-50)66-65-64(84-55)63-59(85-65)43-71(86-63,87-66)36-35-51(39-46(5)72)82-68(74)48-28-23-21-24-29-48/h21-26,28-29,31-32,45,49-52,55-67H,5-6,18-20,27,30,33-44H2,1-4,7-17H3/t45?,49?,50?,51?,52?,55?,56?,57-,58+,59?,60?,61-,62-,63?,64-,65?,66?,67?,71-/m0/s1. The maximum Gasteiger partial charge on any atom is 0.338 e. The van der Waals surface area contributed by atoms with Crippen molar-refractivity contribution in [3.05, 3.63) is 89.4 Å². The van der Waals surface area contributed by atoms with Crippen LogP contribution in [0, 0.1) is 11.8 Å². The van der Waals surface area contributed by atoms with Crippen LogP contribution in [0.3, 0.4) is 0 Å². The van der Waals surface area contributed by atoms with E-state index in [1.54, 1.807) is 61.7 Å². The molecular formula is C71H111BrO16SSi3. The monoisotopic (exact) mass is 1410 g/mol. The van der Waals surface area contributed by atoms with E-state index in [2.05, 4.69) is 125 Å². The second-order valence-corrected chi connectivity index (χ2v) is 48.2. The third-order valence-electron chi connectivity index (χ3n) is 22.6. The van der Waals surface area contributed by atoms with E-state index in [4.69, 9.17) is 55.9 Å². The highest BCUT2D eigenvalue weighted by Gasteiger charge is 2.69. The molecule has 516 valence electrons. The quantitative estimate of drug-likeness (QED) is 0.0301. The third-order valence-corrected chi connectivity index (χ3v) is 38.8. The summed E-state index contributed by atoms with van der Waals surface area (Å²) < 4.78 is 116. The van der Waals surface area contributed by atoms with Gasteiger partial charge in [0.15, 0.2) is 46.4 Å². The second kappa shape index (κ2) is 30.0. The molecule has 6 bridgehead atoms. The fourth-order valence-electron chi connectivity index (χ4n) is 14.9. The van der Waals surface area contributed by atoms with Crippen molar-refractivity contribution < 1.29 is 73.9 Å². The van der Waals surface area contributed by atoms with Crippen LogP contribution in [0.4, 0.5) is 0 Å². The van der Waals surface area contributed by atoms with E-state index in [0.29, 0.717) is 68.2 Å². The van der Waals surface area contributed by atoms with Gasteiger partial charge in [0.1, 0.15) is 41.9 Å². The third kappa shape index (κ3) is 16.5. The summed E-state index contributed by atoms with van der Waals surface area (Å²) in [5.74, 6) is -2.91. The minimum atomic E-state index is -4.48. The second-order valence-electron chi connectivity index (χ2n) is 30.7. The Morgan fingerprint density at radius 3 is 2.02 bits per heavy atom. The highest BCUT2D eigenvalue weighted by Crippen LogP contribution is 2.55. The molecule has 10 rings (SSSR count). The molecule has 0 aromatic heterocycles. The number of ketones is 1. The summed E-state index contributed by atoms with van der Waals surface area (Å²) in [5, 5.41) is -1.83. The van der Waals surface area contributed by atoms with Crippen LogP contribution in [0.5, 0.6) is 0 Å². The molecule has 0 radical (unpaired) electrons. The fourth-order valence-corrected chi connectivity index (χ4v) is 22.3. The number of halogens is 1. The van der Waals surface area contributed by atoms with Gasteiger partial charge >= 0.3 is 5.97 Å². The average molecular weight is 1420 g/mol. The molecule has 8 aliphatic heterocycles. The summed E-state index contributed by atoms with van der Waals surface area (Å²) in [5.41, 5.74) is 1.37. The van der Waals surface area contributed by atoms with Crippen LogP contribution in [0.25, 0.3) is 0 Å². The van der Waals surface area contributed by atoms with Gasteiger partial charge < -0.3 is 55.9 Å². The van der Waals surface area contributed by atoms with Crippen LogP contribution in [0.15, 0.2) is 88.8 Å². The van der Waals surface area contributed by atoms with Gasteiger partial charge in [-0.05, 0) is 133 Å². The van der Waals surface area contributed by atoms with Crippen molar-refractivity contribution in [3.8, 4) is 0 Å². The summed E-state index contributed by atoms with van der Waals surface area (Å²) in [6.45, 7) is 41.0. The first-order chi connectivity index (χ1) is 43.3. The first kappa shape index (κ1) is 73.9. The Morgan fingerprint density at radius 2 is 1.39 bits per heavy atom. The van der Waals surface area contributed by atoms with E-state index < -0.39 is 137 Å². The molecule has 0 saturated carbocycles. The van der Waals surface area contributed by atoms with Gasteiger partial charge in [0.25, 0.3) is 0 Å². The van der Waals surface area contributed by atoms with E-state index >= 15 is 13.2 Å². The Morgan fingerprint density at radius 1 is 0.761 bits per heavy atom. The van der Waals surface area contributed by atoms with Crippen LogP contribution in [0.2, 0.25) is 54.4 Å². The predicted octanol–water partition coefficient (Wildman–Crippen LogP) is 14.8. The molecule has 2 aromatic rings. The Bertz CT molecular complexity index is 2930. The molecule has 8 saturated heterocycles. The fraction of sp³-hybridized carbons (Fsp3) is 0.746. The maximum atomic E-state index is 16.1. The smallest absolute Gasteiger partial charge is 0.338 e. The molecule has 0 aliphatic carbocycles. The summed E-state index contributed by atoms with van der Waals surface area (Å²) in [4.78, 5) is 29.6. The number of fused-ring (bicyclic) bond motifs is 1. The Labute approximate surface area is 562 Å². The number of esters is 1. The lowest BCUT2D eigenvalue weighted by atomic mass is 9.81. The summed E-state index contributed by atoms with van der Waals surface area (Å²) in [7, 11) is -9.42. The predicted molar refractivity (Wildman–Crippen MR) is 368 cm³/mol. The van der Waals surface area contributed by atoms with Crippen molar-refractivity contribution in [2.45, 2.75) is 308 Å². The zero-order valence-electron chi connectivity index (χ0n) is 57.9. The number of carbonyl (C=O) groups excluding carboxylic acids is 2. The van der Waals surface area contributed by atoms with Gasteiger partial charge in [-0.2, -0.15) is 0 Å². The highest BCUT2D eigenvalue weighted by atomic mass is 79.9. The summed E-state index contributed by atoms with van der Waals surface area (Å²) in [6, 6.07) is 20.5. The first-order valence-corrected chi connectivity index (χ1v) is 45.2. The Balaban J connectivity index is 1.02. The molecule has 16 nitrogen and oxygen atoms in total. The van der Waals surface area contributed by atoms with Crippen molar-refractivity contribution in [2.75, 3.05) is 20.3 Å². The van der Waals surface area contributed by atoms with Gasteiger partial charge in [-0.3, -0.25) is 4.79 Å². The van der Waals surface area contributed by atoms with Crippen LogP contribution >= 0.6 is 15.9 Å². The number of hydrogen-bond donors (Lipinski definition) is 0. The number of hydrogen-bond acceptors (Lipinski definition) is 16. The van der Waals surface area contributed by atoms with Crippen molar-refractivity contribution >= 4 is 62.5 Å². The number of benzene rings is 2. The van der Waals surface area contributed by atoms with E-state index in [0.717, 1.165) is 43.0 Å².